The van der Waals surface area contributed by atoms with Gasteiger partial charge < -0.3 is 19.7 Å². The number of benzene rings is 1. The van der Waals surface area contributed by atoms with Crippen LogP contribution in [0.1, 0.15) is 28.1 Å². The molecule has 0 radical (unpaired) electrons. The van der Waals surface area contributed by atoms with Gasteiger partial charge in [-0.05, 0) is 42.0 Å². The Balaban J connectivity index is 1.39. The Bertz CT molecular complexity index is 790. The van der Waals surface area contributed by atoms with E-state index in [-0.39, 0.29) is 18.6 Å². The van der Waals surface area contributed by atoms with Gasteiger partial charge in [0.05, 0.1) is 4.88 Å². The summed E-state index contributed by atoms with van der Waals surface area (Å²) in [5, 5.41) is 4.81. The number of thiophene rings is 1. The molecule has 0 bridgehead atoms. The summed E-state index contributed by atoms with van der Waals surface area (Å²) in [6, 6.07) is 8.85. The number of nitrogens with zero attached hydrogens (tertiary/aromatic N) is 1. The molecule has 2 aliphatic rings. The van der Waals surface area contributed by atoms with Gasteiger partial charge in [-0.25, -0.2) is 0 Å². The van der Waals surface area contributed by atoms with Crippen molar-refractivity contribution in [2.75, 3.05) is 13.3 Å². The van der Waals surface area contributed by atoms with Gasteiger partial charge in [-0.15, -0.1) is 11.3 Å². The van der Waals surface area contributed by atoms with E-state index in [1.807, 2.05) is 29.6 Å². The first-order valence-electron chi connectivity index (χ1n) is 8.23. The van der Waals surface area contributed by atoms with E-state index in [9.17, 15) is 9.59 Å². The lowest BCUT2D eigenvalue weighted by molar-refractivity contribution is -0.125. The third kappa shape index (κ3) is 3.19. The maximum atomic E-state index is 12.6. The van der Waals surface area contributed by atoms with Crippen LogP contribution < -0.4 is 14.8 Å². The predicted molar refractivity (Wildman–Crippen MR) is 92.8 cm³/mol. The van der Waals surface area contributed by atoms with Gasteiger partial charge in [0.15, 0.2) is 11.5 Å². The number of amides is 2. The molecule has 1 saturated heterocycles. The highest BCUT2D eigenvalue weighted by Gasteiger charge is 2.34. The topological polar surface area (TPSA) is 67.9 Å². The molecule has 6 nitrogen and oxygen atoms in total. The molecular weight excluding hydrogens is 340 g/mol. The van der Waals surface area contributed by atoms with Gasteiger partial charge >= 0.3 is 0 Å². The number of likely N-dealkylation sites (tertiary alicyclic amines) is 1. The maximum absolute atomic E-state index is 12.6. The molecule has 1 fully saturated rings. The van der Waals surface area contributed by atoms with Gasteiger partial charge in [-0.1, -0.05) is 12.1 Å². The predicted octanol–water partition coefficient (Wildman–Crippen LogP) is 2.40. The van der Waals surface area contributed by atoms with E-state index in [0.717, 1.165) is 17.7 Å². The fourth-order valence-corrected chi connectivity index (χ4v) is 3.86. The monoisotopic (exact) mass is 358 g/mol. The van der Waals surface area contributed by atoms with Crippen molar-refractivity contribution in [2.45, 2.75) is 25.4 Å². The van der Waals surface area contributed by atoms with Crippen LogP contribution in [0.2, 0.25) is 0 Å². The van der Waals surface area contributed by atoms with Crippen molar-refractivity contribution < 1.29 is 19.1 Å². The van der Waals surface area contributed by atoms with Crippen molar-refractivity contribution in [1.29, 1.82) is 0 Å². The highest BCUT2D eigenvalue weighted by molar-refractivity contribution is 7.12. The Morgan fingerprint density at radius 2 is 2.12 bits per heavy atom. The highest BCUT2D eigenvalue weighted by Crippen LogP contribution is 2.32. The summed E-state index contributed by atoms with van der Waals surface area (Å²) in [4.78, 5) is 27.5. The Morgan fingerprint density at radius 1 is 1.24 bits per heavy atom. The van der Waals surface area contributed by atoms with Crippen molar-refractivity contribution in [2.24, 2.45) is 0 Å². The van der Waals surface area contributed by atoms with Crippen LogP contribution in [-0.4, -0.2) is 36.1 Å². The summed E-state index contributed by atoms with van der Waals surface area (Å²) in [5.41, 5.74) is 0.937. The Kier molecular flexibility index (Phi) is 4.31. The van der Waals surface area contributed by atoms with Crippen LogP contribution in [0.3, 0.4) is 0 Å². The maximum Gasteiger partial charge on any atom is 0.264 e. The summed E-state index contributed by atoms with van der Waals surface area (Å²) >= 11 is 1.40. The molecule has 3 heterocycles. The molecule has 2 aliphatic heterocycles. The molecule has 2 amide bonds. The summed E-state index contributed by atoms with van der Waals surface area (Å²) in [6.07, 6.45) is 1.54. The number of nitrogens with one attached hydrogen (secondary N) is 1. The summed E-state index contributed by atoms with van der Waals surface area (Å²) in [6.45, 7) is 1.25. The molecule has 25 heavy (non-hydrogen) atoms. The van der Waals surface area contributed by atoms with Crippen LogP contribution in [0.25, 0.3) is 0 Å². The number of hydrogen-bond acceptors (Lipinski definition) is 5. The second-order valence-corrected chi connectivity index (χ2v) is 6.99. The first kappa shape index (κ1) is 16.0. The van der Waals surface area contributed by atoms with Gasteiger partial charge in [0.2, 0.25) is 12.7 Å². The van der Waals surface area contributed by atoms with Gasteiger partial charge in [0.1, 0.15) is 6.04 Å². The third-order valence-electron chi connectivity index (χ3n) is 4.45. The number of carbonyl (C=O) groups is 2. The van der Waals surface area contributed by atoms with E-state index in [1.165, 1.54) is 11.3 Å². The average Bonchev–Trinajstić information content (AvgIpc) is 3.39. The number of rotatable bonds is 4. The van der Waals surface area contributed by atoms with E-state index < -0.39 is 6.04 Å². The summed E-state index contributed by atoms with van der Waals surface area (Å²) < 4.78 is 10.6. The minimum Gasteiger partial charge on any atom is -0.454 e. The zero-order valence-corrected chi connectivity index (χ0v) is 14.4. The fourth-order valence-electron chi connectivity index (χ4n) is 3.18. The first-order valence-corrected chi connectivity index (χ1v) is 9.11. The Morgan fingerprint density at radius 3 is 2.96 bits per heavy atom. The lowest BCUT2D eigenvalue weighted by Crippen LogP contribution is -2.45. The lowest BCUT2D eigenvalue weighted by Gasteiger charge is -2.23. The molecular formula is C18H18N2O4S. The van der Waals surface area contributed by atoms with Crippen molar-refractivity contribution in [3.8, 4) is 11.5 Å². The average molecular weight is 358 g/mol. The smallest absolute Gasteiger partial charge is 0.264 e. The summed E-state index contributed by atoms with van der Waals surface area (Å²) in [7, 11) is 0. The van der Waals surface area contributed by atoms with Crippen LogP contribution in [-0.2, 0) is 11.3 Å². The minimum absolute atomic E-state index is 0.0595. The van der Waals surface area contributed by atoms with E-state index in [0.29, 0.717) is 30.1 Å². The van der Waals surface area contributed by atoms with Crippen molar-refractivity contribution >= 4 is 23.2 Å². The molecule has 1 atom stereocenters. The molecule has 1 aromatic carbocycles. The fraction of sp³-hybridized carbons (Fsp3) is 0.333. The molecule has 0 unspecified atom stereocenters. The molecule has 1 aromatic heterocycles. The molecule has 0 aliphatic carbocycles. The standard InChI is InChI=1S/C18H18N2O4S/c21-17(19-10-12-5-6-14-15(9-12)24-11-23-14)13-3-1-7-20(13)18(22)16-4-2-8-25-16/h2,4-6,8-9,13H,1,3,7,10-11H2,(H,19,21)/t13-/m0/s1. The second-order valence-electron chi connectivity index (χ2n) is 6.04. The largest absolute Gasteiger partial charge is 0.454 e. The minimum atomic E-state index is -0.399. The molecule has 4 rings (SSSR count). The van der Waals surface area contributed by atoms with E-state index in [1.54, 1.807) is 11.0 Å². The molecule has 0 saturated carbocycles. The van der Waals surface area contributed by atoms with Crippen LogP contribution in [0, 0.1) is 0 Å². The van der Waals surface area contributed by atoms with Crippen molar-refractivity contribution in [1.82, 2.24) is 10.2 Å². The van der Waals surface area contributed by atoms with Crippen LogP contribution in [0.4, 0.5) is 0 Å². The summed E-state index contributed by atoms with van der Waals surface area (Å²) in [5.74, 6) is 1.25. The first-order chi connectivity index (χ1) is 12.2. The van der Waals surface area contributed by atoms with Gasteiger partial charge in [-0.2, -0.15) is 0 Å². The quantitative estimate of drug-likeness (QED) is 0.911. The zero-order chi connectivity index (χ0) is 17.2. The number of hydrogen-bond donors (Lipinski definition) is 1. The Labute approximate surface area is 149 Å². The van der Waals surface area contributed by atoms with E-state index in [4.69, 9.17) is 9.47 Å². The molecule has 0 spiro atoms. The lowest BCUT2D eigenvalue weighted by atomic mass is 10.1. The molecule has 130 valence electrons. The van der Waals surface area contributed by atoms with Crippen LogP contribution >= 0.6 is 11.3 Å². The Hall–Kier alpha value is -2.54. The van der Waals surface area contributed by atoms with Crippen molar-refractivity contribution in [3.63, 3.8) is 0 Å². The van der Waals surface area contributed by atoms with E-state index in [2.05, 4.69) is 5.32 Å². The second kappa shape index (κ2) is 6.76. The number of fused-ring (bicyclic) bond motifs is 1. The van der Waals surface area contributed by atoms with Crippen LogP contribution in [0.15, 0.2) is 35.7 Å². The molecule has 1 N–H and O–H groups in total. The zero-order valence-electron chi connectivity index (χ0n) is 13.6. The number of ether oxygens (including phenoxy) is 2. The molecule has 2 aromatic rings. The third-order valence-corrected chi connectivity index (χ3v) is 5.31. The number of carbonyl (C=O) groups excluding carboxylic acids is 2. The van der Waals surface area contributed by atoms with Gasteiger partial charge in [0.25, 0.3) is 5.91 Å². The van der Waals surface area contributed by atoms with Crippen LogP contribution in [0.5, 0.6) is 11.5 Å². The SMILES string of the molecule is O=C(NCc1ccc2c(c1)OCO2)[C@@H]1CCCN1C(=O)c1cccs1. The van der Waals surface area contributed by atoms with Gasteiger partial charge in [0, 0.05) is 13.1 Å². The highest BCUT2D eigenvalue weighted by atomic mass is 32.1. The van der Waals surface area contributed by atoms with E-state index >= 15 is 0 Å². The van der Waals surface area contributed by atoms with Gasteiger partial charge in [-0.3, -0.25) is 9.59 Å². The molecule has 7 heteroatoms. The van der Waals surface area contributed by atoms with Crippen molar-refractivity contribution in [3.05, 3.63) is 46.2 Å². The normalized spacial score (nSPS) is 18.4.